The topological polar surface area (TPSA) is 72.3 Å². The molecule has 1 amide bonds. The first-order valence-corrected chi connectivity index (χ1v) is 8.13. The van der Waals surface area contributed by atoms with Gasteiger partial charge < -0.3 is 10.2 Å². The van der Waals surface area contributed by atoms with Gasteiger partial charge >= 0.3 is 0 Å². The van der Waals surface area contributed by atoms with Gasteiger partial charge in [0.05, 0.1) is 6.54 Å². The number of hydrogen-bond acceptors (Lipinski definition) is 5. The standard InChI is InChI=1S/C17H23N5O/c1-21(2)17(23)11-22-9-14(12-6-7-12)15(10-22)20-16-5-3-4-13(8-18)19-16/h3-5,12,14-15H,6-7,9-11H2,1-2H3,(H,19,20)/t14-,15+/m0/s1. The molecule has 0 bridgehead atoms. The molecule has 0 aromatic carbocycles. The lowest BCUT2D eigenvalue weighted by Gasteiger charge is -2.20. The van der Waals surface area contributed by atoms with Crippen molar-refractivity contribution >= 4 is 11.7 Å². The average molecular weight is 313 g/mol. The lowest BCUT2D eigenvalue weighted by molar-refractivity contribution is -0.129. The molecule has 1 aromatic heterocycles. The van der Waals surface area contributed by atoms with Crippen LogP contribution in [0.15, 0.2) is 18.2 Å². The van der Waals surface area contributed by atoms with Gasteiger partial charge in [-0.15, -0.1) is 0 Å². The molecule has 3 rings (SSSR count). The van der Waals surface area contributed by atoms with E-state index in [0.717, 1.165) is 24.8 Å². The van der Waals surface area contributed by atoms with Crippen LogP contribution in [0.5, 0.6) is 0 Å². The number of aromatic nitrogens is 1. The maximum Gasteiger partial charge on any atom is 0.236 e. The Morgan fingerprint density at radius 1 is 1.43 bits per heavy atom. The normalized spacial score (nSPS) is 24.2. The minimum Gasteiger partial charge on any atom is -0.366 e. The van der Waals surface area contributed by atoms with Crippen LogP contribution in [0.1, 0.15) is 18.5 Å². The highest BCUT2D eigenvalue weighted by Crippen LogP contribution is 2.42. The molecule has 1 aromatic rings. The van der Waals surface area contributed by atoms with E-state index in [2.05, 4.69) is 21.3 Å². The first kappa shape index (κ1) is 15.8. The Labute approximate surface area is 137 Å². The number of amides is 1. The van der Waals surface area contributed by atoms with Gasteiger partial charge in [0.15, 0.2) is 0 Å². The Kier molecular flexibility index (Phi) is 4.49. The lowest BCUT2D eigenvalue weighted by Crippen LogP contribution is -2.36. The summed E-state index contributed by atoms with van der Waals surface area (Å²) >= 11 is 0. The summed E-state index contributed by atoms with van der Waals surface area (Å²) in [4.78, 5) is 20.1. The molecular formula is C17H23N5O. The molecule has 122 valence electrons. The number of likely N-dealkylation sites (N-methyl/N-ethyl adjacent to an activating group) is 1. The average Bonchev–Trinajstić information content (AvgIpc) is 3.30. The van der Waals surface area contributed by atoms with Gasteiger partial charge in [-0.05, 0) is 36.8 Å². The molecule has 6 nitrogen and oxygen atoms in total. The molecule has 0 radical (unpaired) electrons. The van der Waals surface area contributed by atoms with Crippen molar-refractivity contribution in [2.45, 2.75) is 18.9 Å². The maximum absolute atomic E-state index is 12.0. The van der Waals surface area contributed by atoms with Crippen LogP contribution in [-0.2, 0) is 4.79 Å². The third kappa shape index (κ3) is 3.80. The predicted molar refractivity (Wildman–Crippen MR) is 87.7 cm³/mol. The number of carbonyl (C=O) groups is 1. The van der Waals surface area contributed by atoms with Crippen LogP contribution < -0.4 is 5.32 Å². The smallest absolute Gasteiger partial charge is 0.236 e. The van der Waals surface area contributed by atoms with Crippen LogP contribution in [0.4, 0.5) is 5.82 Å². The highest BCUT2D eigenvalue weighted by Gasteiger charge is 2.42. The summed E-state index contributed by atoms with van der Waals surface area (Å²) in [6.07, 6.45) is 2.56. The van der Waals surface area contributed by atoms with E-state index in [9.17, 15) is 4.79 Å². The largest absolute Gasteiger partial charge is 0.366 e. The molecule has 1 aliphatic carbocycles. The van der Waals surface area contributed by atoms with E-state index in [1.807, 2.05) is 12.1 Å². The van der Waals surface area contributed by atoms with Crippen LogP contribution in [0.3, 0.4) is 0 Å². The molecule has 2 heterocycles. The Bertz CT molecular complexity index is 620. The number of hydrogen-bond donors (Lipinski definition) is 1. The molecule has 0 unspecified atom stereocenters. The monoisotopic (exact) mass is 313 g/mol. The summed E-state index contributed by atoms with van der Waals surface area (Å²) < 4.78 is 0. The fourth-order valence-electron chi connectivity index (χ4n) is 3.30. The summed E-state index contributed by atoms with van der Waals surface area (Å²) in [6, 6.07) is 7.82. The zero-order valence-corrected chi connectivity index (χ0v) is 13.7. The van der Waals surface area contributed by atoms with Crippen LogP contribution in [0, 0.1) is 23.2 Å². The molecule has 6 heteroatoms. The van der Waals surface area contributed by atoms with E-state index >= 15 is 0 Å². The molecule has 1 aliphatic heterocycles. The summed E-state index contributed by atoms with van der Waals surface area (Å²) in [6.45, 7) is 2.28. The second-order valence-electron chi connectivity index (χ2n) is 6.75. The number of pyridine rings is 1. The third-order valence-electron chi connectivity index (χ3n) is 4.72. The Morgan fingerprint density at radius 2 is 2.22 bits per heavy atom. The summed E-state index contributed by atoms with van der Waals surface area (Å²) in [7, 11) is 3.59. The van der Waals surface area contributed by atoms with Crippen molar-refractivity contribution in [3.8, 4) is 6.07 Å². The molecular weight excluding hydrogens is 290 g/mol. The van der Waals surface area contributed by atoms with Gasteiger partial charge in [0.2, 0.25) is 5.91 Å². The minimum absolute atomic E-state index is 0.143. The number of rotatable bonds is 5. The van der Waals surface area contributed by atoms with Crippen LogP contribution in [0.25, 0.3) is 0 Å². The van der Waals surface area contributed by atoms with Gasteiger partial charge in [0, 0.05) is 33.2 Å². The van der Waals surface area contributed by atoms with Gasteiger partial charge in [-0.2, -0.15) is 5.26 Å². The van der Waals surface area contributed by atoms with Crippen molar-refractivity contribution < 1.29 is 4.79 Å². The Balaban J connectivity index is 1.67. The minimum atomic E-state index is 0.143. The zero-order valence-electron chi connectivity index (χ0n) is 13.7. The number of likely N-dealkylation sites (tertiary alicyclic amines) is 1. The first-order chi connectivity index (χ1) is 11.1. The van der Waals surface area contributed by atoms with E-state index < -0.39 is 0 Å². The summed E-state index contributed by atoms with van der Waals surface area (Å²) in [5.41, 5.74) is 0.426. The Hall–Kier alpha value is -2.13. The molecule has 2 fully saturated rings. The molecule has 1 N–H and O–H groups in total. The molecule has 1 saturated heterocycles. The van der Waals surface area contributed by atoms with Crippen molar-refractivity contribution in [1.29, 1.82) is 5.26 Å². The van der Waals surface area contributed by atoms with Crippen molar-refractivity contribution in [3.63, 3.8) is 0 Å². The number of carbonyl (C=O) groups excluding carboxylic acids is 1. The maximum atomic E-state index is 12.0. The fourth-order valence-corrected chi connectivity index (χ4v) is 3.30. The van der Waals surface area contributed by atoms with Gasteiger partial charge in [-0.3, -0.25) is 9.69 Å². The quantitative estimate of drug-likeness (QED) is 0.883. The van der Waals surface area contributed by atoms with Crippen molar-refractivity contribution in [1.82, 2.24) is 14.8 Å². The van der Waals surface area contributed by atoms with E-state index in [1.165, 1.54) is 12.8 Å². The second-order valence-corrected chi connectivity index (χ2v) is 6.75. The number of anilines is 1. The SMILES string of the molecule is CN(C)C(=O)CN1C[C@@H](Nc2cccc(C#N)n2)[C@H](C2CC2)C1. The van der Waals surface area contributed by atoms with Crippen molar-refractivity contribution in [2.75, 3.05) is 39.0 Å². The second kappa shape index (κ2) is 6.55. The number of nitrogens with zero attached hydrogens (tertiary/aromatic N) is 4. The van der Waals surface area contributed by atoms with Crippen molar-refractivity contribution in [3.05, 3.63) is 23.9 Å². The molecule has 2 aliphatic rings. The van der Waals surface area contributed by atoms with E-state index in [4.69, 9.17) is 5.26 Å². The van der Waals surface area contributed by atoms with Crippen LogP contribution in [0.2, 0.25) is 0 Å². The predicted octanol–water partition coefficient (Wildman–Crippen LogP) is 1.16. The summed E-state index contributed by atoms with van der Waals surface area (Å²) in [5, 5.41) is 12.5. The first-order valence-electron chi connectivity index (χ1n) is 8.13. The van der Waals surface area contributed by atoms with Gasteiger partial charge in [-0.25, -0.2) is 4.98 Å². The fraction of sp³-hybridized carbons (Fsp3) is 0.588. The number of nitrogens with one attached hydrogen (secondary N) is 1. The zero-order chi connectivity index (χ0) is 16.4. The van der Waals surface area contributed by atoms with E-state index in [0.29, 0.717) is 24.2 Å². The highest BCUT2D eigenvalue weighted by atomic mass is 16.2. The van der Waals surface area contributed by atoms with Gasteiger partial charge in [0.1, 0.15) is 17.6 Å². The lowest BCUT2D eigenvalue weighted by atomic mass is 9.98. The highest BCUT2D eigenvalue weighted by molar-refractivity contribution is 5.77. The van der Waals surface area contributed by atoms with E-state index in [1.54, 1.807) is 25.1 Å². The molecule has 23 heavy (non-hydrogen) atoms. The van der Waals surface area contributed by atoms with Crippen LogP contribution in [-0.4, -0.2) is 60.5 Å². The number of nitriles is 1. The van der Waals surface area contributed by atoms with Crippen molar-refractivity contribution in [2.24, 2.45) is 11.8 Å². The molecule has 2 atom stereocenters. The Morgan fingerprint density at radius 3 is 2.87 bits per heavy atom. The third-order valence-corrected chi connectivity index (χ3v) is 4.72. The van der Waals surface area contributed by atoms with Gasteiger partial charge in [-0.1, -0.05) is 6.07 Å². The molecule has 0 spiro atoms. The summed E-state index contributed by atoms with van der Waals surface area (Å²) in [5.74, 6) is 2.20. The van der Waals surface area contributed by atoms with E-state index in [-0.39, 0.29) is 5.91 Å². The molecule has 1 saturated carbocycles. The van der Waals surface area contributed by atoms with Gasteiger partial charge in [0.25, 0.3) is 0 Å². The van der Waals surface area contributed by atoms with Crippen LogP contribution >= 0.6 is 0 Å².